The van der Waals surface area contributed by atoms with E-state index in [0.717, 1.165) is 36.9 Å². The highest BCUT2D eigenvalue weighted by Gasteiger charge is 2.24. The highest BCUT2D eigenvalue weighted by molar-refractivity contribution is 5.71. The number of nitrogen functional groups attached to an aromatic ring is 1. The number of nitrogens with two attached hydrogens (primary N) is 1. The van der Waals surface area contributed by atoms with Gasteiger partial charge >= 0.3 is 5.97 Å². The van der Waals surface area contributed by atoms with Gasteiger partial charge in [-0.05, 0) is 38.2 Å². The van der Waals surface area contributed by atoms with Crippen LogP contribution in [0.2, 0.25) is 0 Å². The van der Waals surface area contributed by atoms with E-state index >= 15 is 0 Å². The van der Waals surface area contributed by atoms with E-state index < -0.39 is 0 Å². The summed E-state index contributed by atoms with van der Waals surface area (Å²) in [5, 5.41) is 9.17. The Kier molecular flexibility index (Phi) is 3.56. The van der Waals surface area contributed by atoms with Crippen molar-refractivity contribution in [2.75, 3.05) is 12.3 Å². The van der Waals surface area contributed by atoms with Gasteiger partial charge in [0.05, 0.1) is 12.2 Å². The van der Waals surface area contributed by atoms with E-state index in [2.05, 4.69) is 6.07 Å². The molecule has 0 amide bonds. The van der Waals surface area contributed by atoms with Gasteiger partial charge < -0.3 is 15.0 Å². The Bertz CT molecular complexity index is 511. The number of nitriles is 1. The van der Waals surface area contributed by atoms with E-state index in [1.807, 2.05) is 0 Å². The Morgan fingerprint density at radius 3 is 2.89 bits per heavy atom. The van der Waals surface area contributed by atoms with Crippen LogP contribution in [0.4, 0.5) is 5.82 Å². The van der Waals surface area contributed by atoms with Crippen molar-refractivity contribution in [2.45, 2.75) is 39.2 Å². The number of esters is 1. The molecule has 0 bridgehead atoms. The number of carbonyl (C=O) groups is 1. The van der Waals surface area contributed by atoms with Crippen LogP contribution in [0.15, 0.2) is 0 Å². The summed E-state index contributed by atoms with van der Waals surface area (Å²) in [6.07, 6.45) is 3.90. The van der Waals surface area contributed by atoms with Gasteiger partial charge in [0.15, 0.2) is 0 Å². The van der Waals surface area contributed by atoms with Crippen LogP contribution in [-0.2, 0) is 28.9 Å². The Morgan fingerprint density at radius 2 is 2.22 bits per heavy atom. The molecule has 0 atom stereocenters. The zero-order valence-electron chi connectivity index (χ0n) is 10.5. The fourth-order valence-corrected chi connectivity index (χ4v) is 2.53. The zero-order valence-corrected chi connectivity index (χ0v) is 10.5. The average molecular weight is 247 g/mol. The number of aromatic nitrogens is 1. The fourth-order valence-electron chi connectivity index (χ4n) is 2.53. The molecule has 1 aromatic rings. The molecule has 0 radical (unpaired) electrons. The van der Waals surface area contributed by atoms with Crippen LogP contribution in [0.1, 0.15) is 36.6 Å². The maximum absolute atomic E-state index is 11.6. The lowest BCUT2D eigenvalue weighted by molar-refractivity contribution is -0.143. The first-order valence-electron chi connectivity index (χ1n) is 6.24. The van der Waals surface area contributed by atoms with Gasteiger partial charge in [0.2, 0.25) is 0 Å². The molecule has 0 saturated carbocycles. The molecule has 96 valence electrons. The maximum Gasteiger partial charge on any atom is 0.326 e. The number of hydrogen-bond donors (Lipinski definition) is 1. The summed E-state index contributed by atoms with van der Waals surface area (Å²) in [6.45, 7) is 2.23. The summed E-state index contributed by atoms with van der Waals surface area (Å²) in [5.41, 5.74) is 8.56. The molecule has 0 aliphatic heterocycles. The van der Waals surface area contributed by atoms with Gasteiger partial charge in [-0.25, -0.2) is 0 Å². The van der Waals surface area contributed by atoms with Crippen LogP contribution in [0.3, 0.4) is 0 Å². The van der Waals surface area contributed by atoms with Crippen molar-refractivity contribution in [1.82, 2.24) is 4.57 Å². The van der Waals surface area contributed by atoms with Gasteiger partial charge in [0, 0.05) is 5.69 Å². The minimum absolute atomic E-state index is 0.101. The summed E-state index contributed by atoms with van der Waals surface area (Å²) < 4.78 is 6.68. The summed E-state index contributed by atoms with van der Waals surface area (Å²) in [7, 11) is 0. The first-order chi connectivity index (χ1) is 8.69. The SMILES string of the molecule is CCOC(=O)Cn1c(N)c(C#N)c2c1CCCC2. The van der Waals surface area contributed by atoms with E-state index in [9.17, 15) is 4.79 Å². The molecule has 0 fully saturated rings. The third-order valence-corrected chi connectivity index (χ3v) is 3.32. The molecule has 5 nitrogen and oxygen atoms in total. The van der Waals surface area contributed by atoms with Crippen molar-refractivity contribution >= 4 is 11.8 Å². The summed E-state index contributed by atoms with van der Waals surface area (Å²) >= 11 is 0. The number of hydrogen-bond acceptors (Lipinski definition) is 4. The average Bonchev–Trinajstić information content (AvgIpc) is 2.63. The van der Waals surface area contributed by atoms with Crippen molar-refractivity contribution in [1.29, 1.82) is 5.26 Å². The number of anilines is 1. The number of fused-ring (bicyclic) bond motifs is 1. The third-order valence-electron chi connectivity index (χ3n) is 3.32. The third kappa shape index (κ3) is 2.06. The van der Waals surface area contributed by atoms with Crippen LogP contribution in [0.5, 0.6) is 0 Å². The van der Waals surface area contributed by atoms with Gasteiger partial charge in [0.1, 0.15) is 18.4 Å². The minimum Gasteiger partial charge on any atom is -0.465 e. The molecular formula is C13H17N3O2. The van der Waals surface area contributed by atoms with E-state index in [0.29, 0.717) is 18.0 Å². The smallest absolute Gasteiger partial charge is 0.326 e. The molecule has 1 aliphatic carbocycles. The van der Waals surface area contributed by atoms with Crippen LogP contribution in [0, 0.1) is 11.3 Å². The monoisotopic (exact) mass is 247 g/mol. The molecule has 5 heteroatoms. The summed E-state index contributed by atoms with van der Waals surface area (Å²) in [4.78, 5) is 11.6. The highest BCUT2D eigenvalue weighted by atomic mass is 16.5. The molecule has 1 heterocycles. The second-order valence-corrected chi connectivity index (χ2v) is 4.40. The van der Waals surface area contributed by atoms with Gasteiger partial charge in [-0.3, -0.25) is 4.79 Å². The van der Waals surface area contributed by atoms with Gasteiger partial charge in [0.25, 0.3) is 0 Å². The first-order valence-corrected chi connectivity index (χ1v) is 6.24. The quantitative estimate of drug-likeness (QED) is 0.818. The molecule has 18 heavy (non-hydrogen) atoms. The molecule has 2 rings (SSSR count). The van der Waals surface area contributed by atoms with Crippen LogP contribution in [-0.4, -0.2) is 17.1 Å². The van der Waals surface area contributed by atoms with Crippen molar-refractivity contribution in [3.63, 3.8) is 0 Å². The number of ether oxygens (including phenoxy) is 1. The Morgan fingerprint density at radius 1 is 1.50 bits per heavy atom. The predicted molar refractivity (Wildman–Crippen MR) is 66.8 cm³/mol. The van der Waals surface area contributed by atoms with E-state index in [-0.39, 0.29) is 12.5 Å². The predicted octanol–water partition coefficient (Wildman–Crippen LogP) is 1.38. The normalized spacial score (nSPS) is 13.8. The number of rotatable bonds is 3. The van der Waals surface area contributed by atoms with E-state index in [1.165, 1.54) is 0 Å². The Balaban J connectivity index is 2.38. The standard InChI is InChI=1S/C13H17N3O2/c1-2-18-12(17)8-16-11-6-4-3-5-9(11)10(7-14)13(16)15/h2-6,8,15H2,1H3. The largest absolute Gasteiger partial charge is 0.465 e. The minimum atomic E-state index is -0.308. The van der Waals surface area contributed by atoms with E-state index in [1.54, 1.807) is 11.5 Å². The van der Waals surface area contributed by atoms with Crippen molar-refractivity contribution in [3.8, 4) is 6.07 Å². The van der Waals surface area contributed by atoms with Crippen molar-refractivity contribution < 1.29 is 9.53 Å². The lowest BCUT2D eigenvalue weighted by atomic mass is 9.95. The lowest BCUT2D eigenvalue weighted by Gasteiger charge is -2.15. The second-order valence-electron chi connectivity index (χ2n) is 4.40. The molecule has 0 saturated heterocycles. The topological polar surface area (TPSA) is 81.0 Å². The number of nitrogens with zero attached hydrogens (tertiary/aromatic N) is 2. The molecule has 0 spiro atoms. The van der Waals surface area contributed by atoms with Gasteiger partial charge in [-0.1, -0.05) is 0 Å². The maximum atomic E-state index is 11.6. The van der Waals surface area contributed by atoms with E-state index in [4.69, 9.17) is 15.7 Å². The first kappa shape index (κ1) is 12.5. The van der Waals surface area contributed by atoms with Crippen molar-refractivity contribution in [3.05, 3.63) is 16.8 Å². The molecule has 0 unspecified atom stereocenters. The van der Waals surface area contributed by atoms with Crippen LogP contribution >= 0.6 is 0 Å². The molecule has 0 aromatic carbocycles. The lowest BCUT2D eigenvalue weighted by Crippen LogP contribution is -2.18. The molecule has 1 aromatic heterocycles. The van der Waals surface area contributed by atoms with Crippen LogP contribution in [0.25, 0.3) is 0 Å². The Labute approximate surface area is 106 Å². The number of carbonyl (C=O) groups excluding carboxylic acids is 1. The highest BCUT2D eigenvalue weighted by Crippen LogP contribution is 2.31. The van der Waals surface area contributed by atoms with Gasteiger partial charge in [-0.15, -0.1) is 0 Å². The van der Waals surface area contributed by atoms with Crippen molar-refractivity contribution in [2.24, 2.45) is 0 Å². The molecular weight excluding hydrogens is 230 g/mol. The van der Waals surface area contributed by atoms with Gasteiger partial charge in [-0.2, -0.15) is 5.26 Å². The second kappa shape index (κ2) is 5.13. The molecule has 2 N–H and O–H groups in total. The molecule has 1 aliphatic rings. The Hall–Kier alpha value is -1.96. The van der Waals surface area contributed by atoms with Crippen LogP contribution < -0.4 is 5.73 Å². The fraction of sp³-hybridized carbons (Fsp3) is 0.538. The summed E-state index contributed by atoms with van der Waals surface area (Å²) in [6, 6.07) is 2.15. The summed E-state index contributed by atoms with van der Waals surface area (Å²) in [5.74, 6) is 0.0921. The zero-order chi connectivity index (χ0) is 13.1.